The lowest BCUT2D eigenvalue weighted by molar-refractivity contribution is -0.118. The Hall–Kier alpha value is -3.66. The van der Waals surface area contributed by atoms with E-state index in [2.05, 4.69) is 22.3 Å². The zero-order valence-corrected chi connectivity index (χ0v) is 14.9. The molecule has 0 bridgehead atoms. The van der Waals surface area contributed by atoms with Crippen LogP contribution in [0.3, 0.4) is 0 Å². The predicted molar refractivity (Wildman–Crippen MR) is 101 cm³/mol. The Balaban J connectivity index is 1.67. The number of benzene rings is 1. The zero-order valence-electron chi connectivity index (χ0n) is 14.9. The number of carbonyl (C=O) groups excluding carboxylic acids is 1. The van der Waals surface area contributed by atoms with Crippen molar-refractivity contribution in [1.82, 2.24) is 14.8 Å². The number of hydrogen-bond acceptors (Lipinski definition) is 5. The molecule has 0 aliphatic carbocycles. The van der Waals surface area contributed by atoms with Gasteiger partial charge >= 0.3 is 0 Å². The largest absolute Gasteiger partial charge is 0.484 e. The van der Waals surface area contributed by atoms with Crippen LogP contribution in [0.25, 0.3) is 5.82 Å². The Kier molecular flexibility index (Phi) is 5.80. The lowest BCUT2D eigenvalue weighted by Crippen LogP contribution is -2.22. The summed E-state index contributed by atoms with van der Waals surface area (Å²) in [7, 11) is 0. The van der Waals surface area contributed by atoms with Crippen LogP contribution in [-0.2, 0) is 11.2 Å². The van der Waals surface area contributed by atoms with Crippen LogP contribution in [0.2, 0.25) is 0 Å². The number of nitriles is 1. The number of amides is 1. The minimum absolute atomic E-state index is 0.175. The summed E-state index contributed by atoms with van der Waals surface area (Å²) in [6, 6.07) is 15.0. The van der Waals surface area contributed by atoms with Gasteiger partial charge in [0.2, 0.25) is 0 Å². The lowest BCUT2D eigenvalue weighted by Gasteiger charge is -2.10. The summed E-state index contributed by atoms with van der Waals surface area (Å²) in [5.74, 6) is 0.996. The molecule has 0 saturated carbocycles. The van der Waals surface area contributed by atoms with Crippen molar-refractivity contribution in [2.45, 2.75) is 19.8 Å². The molecular weight excluding hydrogens is 342 g/mol. The highest BCUT2D eigenvalue weighted by Crippen LogP contribution is 2.18. The monoisotopic (exact) mass is 361 g/mol. The molecule has 0 fully saturated rings. The van der Waals surface area contributed by atoms with Crippen molar-refractivity contribution in [2.75, 3.05) is 11.9 Å². The fourth-order valence-electron chi connectivity index (χ4n) is 2.56. The van der Waals surface area contributed by atoms with Crippen LogP contribution in [0.5, 0.6) is 5.75 Å². The highest BCUT2D eigenvalue weighted by molar-refractivity contribution is 5.92. The standard InChI is InChI=1S/C20H19N5O2/c1-2-5-15-7-9-17(10-8-15)27-14-19(26)24-20-16(12-21)13-23-25(20)18-6-3-4-11-22-18/h3-4,6-11,13H,2,5,14H2,1H3,(H,24,26). The van der Waals surface area contributed by atoms with E-state index in [0.29, 0.717) is 11.6 Å². The molecule has 27 heavy (non-hydrogen) atoms. The molecule has 0 aliphatic heterocycles. The Labute approximate surface area is 157 Å². The van der Waals surface area contributed by atoms with E-state index in [-0.39, 0.29) is 23.9 Å². The Morgan fingerprint density at radius 2 is 2.07 bits per heavy atom. The molecule has 0 spiro atoms. The van der Waals surface area contributed by atoms with Gasteiger partial charge in [-0.15, -0.1) is 0 Å². The summed E-state index contributed by atoms with van der Waals surface area (Å²) in [5.41, 5.74) is 1.48. The number of anilines is 1. The van der Waals surface area contributed by atoms with E-state index in [1.807, 2.05) is 30.3 Å². The number of pyridine rings is 1. The second-order valence-electron chi connectivity index (χ2n) is 5.85. The number of rotatable bonds is 7. The van der Waals surface area contributed by atoms with Gasteiger partial charge in [-0.3, -0.25) is 4.79 Å². The molecule has 7 heteroatoms. The van der Waals surface area contributed by atoms with E-state index in [4.69, 9.17) is 4.74 Å². The third-order valence-electron chi connectivity index (χ3n) is 3.85. The summed E-state index contributed by atoms with van der Waals surface area (Å²) in [4.78, 5) is 16.5. The van der Waals surface area contributed by atoms with Crippen molar-refractivity contribution < 1.29 is 9.53 Å². The van der Waals surface area contributed by atoms with E-state index in [1.54, 1.807) is 24.4 Å². The normalized spacial score (nSPS) is 10.2. The van der Waals surface area contributed by atoms with E-state index in [9.17, 15) is 10.1 Å². The maximum absolute atomic E-state index is 12.3. The third kappa shape index (κ3) is 4.50. The maximum atomic E-state index is 12.3. The van der Waals surface area contributed by atoms with Crippen molar-refractivity contribution in [3.8, 4) is 17.6 Å². The van der Waals surface area contributed by atoms with Crippen LogP contribution in [0, 0.1) is 11.3 Å². The van der Waals surface area contributed by atoms with Crippen LogP contribution in [0.4, 0.5) is 5.82 Å². The van der Waals surface area contributed by atoms with Crippen LogP contribution in [0.15, 0.2) is 54.9 Å². The Bertz CT molecular complexity index is 943. The number of nitrogens with one attached hydrogen (secondary N) is 1. The van der Waals surface area contributed by atoms with Crippen LogP contribution in [-0.4, -0.2) is 27.3 Å². The minimum Gasteiger partial charge on any atom is -0.484 e. The predicted octanol–water partition coefficient (Wildman–Crippen LogP) is 3.11. The van der Waals surface area contributed by atoms with Gasteiger partial charge in [0.1, 0.15) is 17.4 Å². The number of aryl methyl sites for hydroxylation is 1. The van der Waals surface area contributed by atoms with Crippen LogP contribution >= 0.6 is 0 Å². The summed E-state index contributed by atoms with van der Waals surface area (Å²) in [6.45, 7) is 1.95. The van der Waals surface area contributed by atoms with Crippen LogP contribution in [0.1, 0.15) is 24.5 Å². The Morgan fingerprint density at radius 3 is 2.74 bits per heavy atom. The quantitative estimate of drug-likeness (QED) is 0.698. The average Bonchev–Trinajstić information content (AvgIpc) is 3.11. The molecular formula is C20H19N5O2. The minimum atomic E-state index is -0.387. The highest BCUT2D eigenvalue weighted by atomic mass is 16.5. The second-order valence-corrected chi connectivity index (χ2v) is 5.85. The number of ether oxygens (including phenoxy) is 1. The molecule has 1 aromatic carbocycles. The zero-order chi connectivity index (χ0) is 19.1. The molecule has 0 aliphatic rings. The Morgan fingerprint density at radius 1 is 1.26 bits per heavy atom. The van der Waals surface area contributed by atoms with Crippen molar-refractivity contribution in [2.24, 2.45) is 0 Å². The molecule has 3 aromatic rings. The van der Waals surface area contributed by atoms with E-state index in [0.717, 1.165) is 12.8 Å². The van der Waals surface area contributed by atoms with Crippen molar-refractivity contribution >= 4 is 11.7 Å². The fourth-order valence-corrected chi connectivity index (χ4v) is 2.56. The third-order valence-corrected chi connectivity index (χ3v) is 3.85. The average molecular weight is 361 g/mol. The first kappa shape index (κ1) is 18.1. The molecule has 1 N–H and O–H groups in total. The van der Waals surface area contributed by atoms with Crippen molar-refractivity contribution in [1.29, 1.82) is 5.26 Å². The molecule has 2 aromatic heterocycles. The molecule has 136 valence electrons. The van der Waals surface area contributed by atoms with Gasteiger partial charge in [0.05, 0.1) is 6.20 Å². The van der Waals surface area contributed by atoms with Gasteiger partial charge in [-0.2, -0.15) is 15.0 Å². The summed E-state index contributed by atoms with van der Waals surface area (Å²) >= 11 is 0. The van der Waals surface area contributed by atoms with Crippen molar-refractivity contribution in [3.05, 3.63) is 66.0 Å². The molecule has 2 heterocycles. The SMILES string of the molecule is CCCc1ccc(OCC(=O)Nc2c(C#N)cnn2-c2ccccn2)cc1. The number of carbonyl (C=O) groups is 1. The lowest BCUT2D eigenvalue weighted by atomic mass is 10.1. The first-order valence-electron chi connectivity index (χ1n) is 8.62. The maximum Gasteiger partial charge on any atom is 0.263 e. The molecule has 1 amide bonds. The number of aromatic nitrogens is 3. The number of hydrogen-bond donors (Lipinski definition) is 1. The van der Waals surface area contributed by atoms with Gasteiger partial charge < -0.3 is 10.1 Å². The molecule has 0 radical (unpaired) electrons. The summed E-state index contributed by atoms with van der Waals surface area (Å²) in [6.07, 6.45) is 5.08. The summed E-state index contributed by atoms with van der Waals surface area (Å²) < 4.78 is 6.94. The van der Waals surface area contributed by atoms with Gasteiger partial charge in [-0.1, -0.05) is 31.5 Å². The smallest absolute Gasteiger partial charge is 0.263 e. The second kappa shape index (κ2) is 8.63. The van der Waals surface area contributed by atoms with Gasteiger partial charge in [0, 0.05) is 6.20 Å². The molecule has 3 rings (SSSR count). The van der Waals surface area contributed by atoms with Gasteiger partial charge in [-0.25, -0.2) is 4.98 Å². The molecule has 0 atom stereocenters. The van der Waals surface area contributed by atoms with Crippen molar-refractivity contribution in [3.63, 3.8) is 0 Å². The first-order chi connectivity index (χ1) is 13.2. The van der Waals surface area contributed by atoms with E-state index in [1.165, 1.54) is 16.4 Å². The molecule has 0 saturated heterocycles. The van der Waals surface area contributed by atoms with Gasteiger partial charge in [0.25, 0.3) is 5.91 Å². The first-order valence-corrected chi connectivity index (χ1v) is 8.62. The number of nitrogens with zero attached hydrogens (tertiary/aromatic N) is 4. The van der Waals surface area contributed by atoms with E-state index < -0.39 is 0 Å². The van der Waals surface area contributed by atoms with Gasteiger partial charge in [0.15, 0.2) is 18.2 Å². The summed E-state index contributed by atoms with van der Waals surface area (Å²) in [5, 5.41) is 16.1. The molecule has 7 nitrogen and oxygen atoms in total. The highest BCUT2D eigenvalue weighted by Gasteiger charge is 2.16. The fraction of sp³-hybridized carbons (Fsp3) is 0.200. The van der Waals surface area contributed by atoms with E-state index >= 15 is 0 Å². The molecule has 0 unspecified atom stereocenters. The van der Waals surface area contributed by atoms with Crippen LogP contribution < -0.4 is 10.1 Å². The van der Waals surface area contributed by atoms with Gasteiger partial charge in [-0.05, 0) is 36.2 Å². The topological polar surface area (TPSA) is 92.8 Å².